The molecule has 1 unspecified atom stereocenters. The lowest BCUT2D eigenvalue weighted by Gasteiger charge is -2.25. The molecule has 2 nitrogen and oxygen atoms in total. The average Bonchev–Trinajstić information content (AvgIpc) is 2.31. The van der Waals surface area contributed by atoms with E-state index in [0.717, 1.165) is 6.54 Å². The van der Waals surface area contributed by atoms with Crippen LogP contribution in [0.2, 0.25) is 0 Å². The van der Waals surface area contributed by atoms with Crippen molar-refractivity contribution in [1.29, 1.82) is 0 Å². The van der Waals surface area contributed by atoms with Crippen LogP contribution in [-0.4, -0.2) is 19.6 Å². The number of anilines is 2. The van der Waals surface area contributed by atoms with E-state index < -0.39 is 0 Å². The Kier molecular flexibility index (Phi) is 2.36. The minimum atomic E-state index is 0.616. The summed E-state index contributed by atoms with van der Waals surface area (Å²) in [5, 5.41) is 3.51. The van der Waals surface area contributed by atoms with Crippen LogP contribution in [0.5, 0.6) is 0 Å². The molecule has 1 aromatic rings. The third kappa shape index (κ3) is 1.45. The van der Waals surface area contributed by atoms with E-state index in [-0.39, 0.29) is 0 Å². The van der Waals surface area contributed by atoms with Crippen molar-refractivity contribution in [1.82, 2.24) is 0 Å². The Hall–Kier alpha value is -1.18. The van der Waals surface area contributed by atoms with E-state index in [0.29, 0.717) is 6.04 Å². The number of benzene rings is 1. The highest BCUT2D eigenvalue weighted by Crippen LogP contribution is 2.32. The van der Waals surface area contributed by atoms with Crippen LogP contribution in [0, 0.1) is 6.92 Å². The highest BCUT2D eigenvalue weighted by Gasteiger charge is 2.17. The van der Waals surface area contributed by atoms with Gasteiger partial charge in [0, 0.05) is 19.6 Å². The fourth-order valence-corrected chi connectivity index (χ4v) is 2.01. The molecule has 1 N–H and O–H groups in total. The number of fused-ring (bicyclic) bond motifs is 1. The molecule has 1 heterocycles. The van der Waals surface area contributed by atoms with Crippen molar-refractivity contribution in [3.8, 4) is 0 Å². The van der Waals surface area contributed by atoms with Crippen LogP contribution in [0.3, 0.4) is 0 Å². The monoisotopic (exact) mass is 190 g/mol. The molecule has 1 aromatic carbocycles. The summed E-state index contributed by atoms with van der Waals surface area (Å²) >= 11 is 0. The van der Waals surface area contributed by atoms with Gasteiger partial charge < -0.3 is 10.2 Å². The lowest BCUT2D eigenvalue weighted by Crippen LogP contribution is -2.28. The summed E-state index contributed by atoms with van der Waals surface area (Å²) in [5.74, 6) is 0. The van der Waals surface area contributed by atoms with Crippen molar-refractivity contribution in [2.75, 3.05) is 23.8 Å². The first kappa shape index (κ1) is 9.38. The molecule has 1 atom stereocenters. The molecule has 76 valence electrons. The Balaban J connectivity index is 2.48. The zero-order valence-electron chi connectivity index (χ0n) is 9.17. The summed E-state index contributed by atoms with van der Waals surface area (Å²) in [5.41, 5.74) is 3.97. The molecule has 0 spiro atoms. The molecule has 0 aliphatic carbocycles. The van der Waals surface area contributed by atoms with Crippen LogP contribution >= 0.6 is 0 Å². The molecule has 0 fully saturated rings. The molecule has 0 bridgehead atoms. The van der Waals surface area contributed by atoms with Crippen LogP contribution in [0.25, 0.3) is 0 Å². The second-order valence-corrected chi connectivity index (χ2v) is 4.14. The SMILES string of the molecule is Cc1cccc2c1NCCC(C)N2C. The molecule has 0 saturated carbocycles. The molecule has 14 heavy (non-hydrogen) atoms. The molecule has 0 saturated heterocycles. The third-order valence-electron chi connectivity index (χ3n) is 3.16. The van der Waals surface area contributed by atoms with Crippen LogP contribution in [0.4, 0.5) is 11.4 Å². The molecule has 0 aromatic heterocycles. The third-order valence-corrected chi connectivity index (χ3v) is 3.16. The van der Waals surface area contributed by atoms with Gasteiger partial charge in [0.05, 0.1) is 11.4 Å². The highest BCUT2D eigenvalue weighted by atomic mass is 15.2. The largest absolute Gasteiger partial charge is 0.383 e. The van der Waals surface area contributed by atoms with Crippen LogP contribution in [0.1, 0.15) is 18.9 Å². The minimum absolute atomic E-state index is 0.616. The number of nitrogens with zero attached hydrogens (tertiary/aromatic N) is 1. The maximum Gasteiger partial charge on any atom is 0.0607 e. The first-order valence-corrected chi connectivity index (χ1v) is 5.26. The van der Waals surface area contributed by atoms with E-state index in [2.05, 4.69) is 49.3 Å². The molecular weight excluding hydrogens is 172 g/mol. The van der Waals surface area contributed by atoms with Gasteiger partial charge in [-0.1, -0.05) is 12.1 Å². The summed E-state index contributed by atoms with van der Waals surface area (Å²) in [4.78, 5) is 2.36. The van der Waals surface area contributed by atoms with Gasteiger partial charge in [0.25, 0.3) is 0 Å². The van der Waals surface area contributed by atoms with Crippen LogP contribution in [-0.2, 0) is 0 Å². The summed E-state index contributed by atoms with van der Waals surface area (Å²) in [6, 6.07) is 7.10. The maximum atomic E-state index is 3.51. The van der Waals surface area contributed by atoms with Gasteiger partial charge in [0.2, 0.25) is 0 Å². The van der Waals surface area contributed by atoms with Crippen molar-refractivity contribution in [2.45, 2.75) is 26.3 Å². The van der Waals surface area contributed by atoms with Gasteiger partial charge >= 0.3 is 0 Å². The van der Waals surface area contributed by atoms with Gasteiger partial charge in [0.1, 0.15) is 0 Å². The Morgan fingerprint density at radius 3 is 3.00 bits per heavy atom. The normalized spacial score (nSPS) is 21.1. The van der Waals surface area contributed by atoms with Crippen LogP contribution in [0.15, 0.2) is 18.2 Å². The predicted molar refractivity (Wildman–Crippen MR) is 62.2 cm³/mol. The van der Waals surface area contributed by atoms with Crippen LogP contribution < -0.4 is 10.2 Å². The fraction of sp³-hybridized carbons (Fsp3) is 0.500. The number of nitrogens with one attached hydrogen (secondary N) is 1. The molecule has 1 aliphatic rings. The highest BCUT2D eigenvalue weighted by molar-refractivity contribution is 5.74. The molecular formula is C12H18N2. The smallest absolute Gasteiger partial charge is 0.0607 e. The van der Waals surface area contributed by atoms with Gasteiger partial charge in [-0.2, -0.15) is 0 Å². The van der Waals surface area contributed by atoms with Gasteiger partial charge in [-0.15, -0.1) is 0 Å². The quantitative estimate of drug-likeness (QED) is 0.676. The lowest BCUT2D eigenvalue weighted by molar-refractivity contribution is 0.657. The summed E-state index contributed by atoms with van der Waals surface area (Å²) in [7, 11) is 2.18. The fourth-order valence-electron chi connectivity index (χ4n) is 2.01. The van der Waals surface area contributed by atoms with E-state index in [1.54, 1.807) is 0 Å². The van der Waals surface area contributed by atoms with Gasteiger partial charge in [0.15, 0.2) is 0 Å². The summed E-state index contributed by atoms with van der Waals surface area (Å²) in [6.07, 6.45) is 1.20. The molecule has 2 heteroatoms. The van der Waals surface area contributed by atoms with E-state index >= 15 is 0 Å². The second-order valence-electron chi connectivity index (χ2n) is 4.14. The van der Waals surface area contributed by atoms with E-state index in [9.17, 15) is 0 Å². The van der Waals surface area contributed by atoms with Gasteiger partial charge in [-0.3, -0.25) is 0 Å². The lowest BCUT2D eigenvalue weighted by atomic mass is 10.1. The standard InChI is InChI=1S/C12H18N2/c1-9-5-4-6-11-12(9)13-8-7-10(2)14(11)3/h4-6,10,13H,7-8H2,1-3H3. The summed E-state index contributed by atoms with van der Waals surface area (Å²) < 4.78 is 0. The van der Waals surface area contributed by atoms with E-state index in [1.807, 2.05) is 0 Å². The zero-order valence-corrected chi connectivity index (χ0v) is 9.17. The van der Waals surface area contributed by atoms with E-state index in [4.69, 9.17) is 0 Å². The molecule has 0 radical (unpaired) electrons. The maximum absolute atomic E-state index is 3.51. The molecule has 0 amide bonds. The van der Waals surface area contributed by atoms with E-state index in [1.165, 1.54) is 23.4 Å². The number of rotatable bonds is 0. The predicted octanol–water partition coefficient (Wildman–Crippen LogP) is 2.64. The Bertz CT molecular complexity index is 333. The first-order chi connectivity index (χ1) is 6.70. The minimum Gasteiger partial charge on any atom is -0.383 e. The van der Waals surface area contributed by atoms with Gasteiger partial charge in [-0.25, -0.2) is 0 Å². The van der Waals surface area contributed by atoms with Gasteiger partial charge in [-0.05, 0) is 31.9 Å². The van der Waals surface area contributed by atoms with Crippen molar-refractivity contribution in [2.24, 2.45) is 0 Å². The number of aryl methyl sites for hydroxylation is 1. The van der Waals surface area contributed by atoms with Crippen molar-refractivity contribution < 1.29 is 0 Å². The second kappa shape index (κ2) is 3.52. The first-order valence-electron chi connectivity index (χ1n) is 5.26. The van der Waals surface area contributed by atoms with Crippen molar-refractivity contribution in [3.05, 3.63) is 23.8 Å². The van der Waals surface area contributed by atoms with Crippen molar-refractivity contribution >= 4 is 11.4 Å². The molecule has 2 rings (SSSR count). The Morgan fingerprint density at radius 2 is 2.21 bits per heavy atom. The number of hydrogen-bond acceptors (Lipinski definition) is 2. The Labute approximate surface area is 85.9 Å². The van der Waals surface area contributed by atoms with Crippen molar-refractivity contribution in [3.63, 3.8) is 0 Å². The topological polar surface area (TPSA) is 15.3 Å². The number of para-hydroxylation sites is 1. The Morgan fingerprint density at radius 1 is 1.43 bits per heavy atom. The number of hydrogen-bond donors (Lipinski definition) is 1. The molecule has 1 aliphatic heterocycles. The summed E-state index contributed by atoms with van der Waals surface area (Å²) in [6.45, 7) is 5.51. The zero-order chi connectivity index (χ0) is 10.1. The average molecular weight is 190 g/mol.